The van der Waals surface area contributed by atoms with Crippen LogP contribution in [0.25, 0.3) is 0 Å². The van der Waals surface area contributed by atoms with Gasteiger partial charge < -0.3 is 34.7 Å². The zero-order valence-electron chi connectivity index (χ0n) is 24.5. The van der Waals surface area contributed by atoms with Crippen LogP contribution in [0.4, 0.5) is 20.2 Å². The van der Waals surface area contributed by atoms with E-state index in [0.29, 0.717) is 11.4 Å². The Labute approximate surface area is 239 Å². The number of nitrogens with zero attached hydrogens (tertiary/aromatic N) is 3. The van der Waals surface area contributed by atoms with Crippen molar-refractivity contribution in [3.8, 4) is 5.75 Å². The Morgan fingerprint density at radius 3 is 2.17 bits per heavy atom. The highest BCUT2D eigenvalue weighted by Gasteiger charge is 2.50. The molecule has 3 N–H and O–H groups in total. The van der Waals surface area contributed by atoms with Crippen LogP contribution in [-0.4, -0.2) is 76.5 Å². The second kappa shape index (κ2) is 12.9. The molecule has 2 amide bonds. The Hall–Kier alpha value is -4.29. The fourth-order valence-corrected chi connectivity index (χ4v) is 4.07. The average Bonchev–Trinajstić information content (AvgIpc) is 3.18. The van der Waals surface area contributed by atoms with Crippen LogP contribution in [0.2, 0.25) is 0 Å². The maximum absolute atomic E-state index is 13.3. The first kappa shape index (κ1) is 31.2. The summed E-state index contributed by atoms with van der Waals surface area (Å²) in [4.78, 5) is 40.3. The smallest absolute Gasteiger partial charge is 0.497 e. The predicted octanol–water partition coefficient (Wildman–Crippen LogP) is 3.84. The van der Waals surface area contributed by atoms with Crippen molar-refractivity contribution >= 4 is 24.2 Å². The van der Waals surface area contributed by atoms with Crippen molar-refractivity contribution in [1.82, 2.24) is 20.4 Å². The van der Waals surface area contributed by atoms with Crippen LogP contribution in [0.1, 0.15) is 52.8 Å². The van der Waals surface area contributed by atoms with Crippen molar-refractivity contribution < 1.29 is 38.1 Å². The lowest BCUT2D eigenvalue weighted by atomic mass is 10.0. The van der Waals surface area contributed by atoms with Gasteiger partial charge >= 0.3 is 18.3 Å². The van der Waals surface area contributed by atoms with E-state index in [4.69, 9.17) is 29.4 Å². The number of carbonyl (C=O) groups excluding carboxylic acids is 3. The number of hydrogen-bond acceptors (Lipinski definition) is 11. The minimum atomic E-state index is -1.06. The second-order valence-electron chi connectivity index (χ2n) is 11.5. The van der Waals surface area contributed by atoms with Gasteiger partial charge in [0.1, 0.15) is 22.8 Å². The highest BCUT2D eigenvalue weighted by molar-refractivity contribution is 5.71. The van der Waals surface area contributed by atoms with Crippen molar-refractivity contribution in [3.63, 3.8) is 0 Å². The van der Waals surface area contributed by atoms with E-state index in [1.165, 1.54) is 4.90 Å². The molecule has 3 rings (SSSR count). The lowest BCUT2D eigenvalue weighted by Gasteiger charge is -2.30. The van der Waals surface area contributed by atoms with Gasteiger partial charge in [-0.2, -0.15) is 5.10 Å². The van der Waals surface area contributed by atoms with Crippen molar-refractivity contribution in [3.05, 3.63) is 47.7 Å². The summed E-state index contributed by atoms with van der Waals surface area (Å²) < 4.78 is 27.7. The SMILES string of the molecule is COc1ccc(C[C@@H]2[C@H](OC(=O)NCc3ccc(N)nn3)[C@@H](OC(=O)OC(C)(C)C)CN2C(=O)OC(C)(C)C)cc1. The number of amides is 2. The van der Waals surface area contributed by atoms with Crippen LogP contribution in [-0.2, 0) is 31.9 Å². The number of benzene rings is 1. The Kier molecular flexibility index (Phi) is 9.84. The summed E-state index contributed by atoms with van der Waals surface area (Å²) in [6.45, 7) is 10.3. The zero-order valence-corrected chi connectivity index (χ0v) is 24.5. The molecule has 13 nitrogen and oxygen atoms in total. The second-order valence-corrected chi connectivity index (χ2v) is 11.5. The molecule has 1 aliphatic heterocycles. The number of methoxy groups -OCH3 is 1. The monoisotopic (exact) mass is 573 g/mol. The molecule has 0 radical (unpaired) electrons. The van der Waals surface area contributed by atoms with E-state index in [-0.39, 0.29) is 25.3 Å². The van der Waals surface area contributed by atoms with Gasteiger partial charge in [-0.05, 0) is 77.8 Å². The molecule has 13 heteroatoms. The first-order valence-corrected chi connectivity index (χ1v) is 13.2. The summed E-state index contributed by atoms with van der Waals surface area (Å²) in [5.41, 5.74) is 5.23. The van der Waals surface area contributed by atoms with Gasteiger partial charge in [0.2, 0.25) is 0 Å². The zero-order chi connectivity index (χ0) is 30.4. The van der Waals surface area contributed by atoms with Gasteiger partial charge in [-0.25, -0.2) is 14.4 Å². The van der Waals surface area contributed by atoms with Crippen LogP contribution in [0, 0.1) is 0 Å². The summed E-state index contributed by atoms with van der Waals surface area (Å²) in [5.74, 6) is 0.904. The van der Waals surface area contributed by atoms with Crippen molar-refractivity contribution in [1.29, 1.82) is 0 Å². The normalized spacial score (nSPS) is 18.8. The maximum Gasteiger partial charge on any atom is 0.509 e. The van der Waals surface area contributed by atoms with E-state index in [1.807, 2.05) is 12.1 Å². The molecule has 0 aliphatic carbocycles. The first-order valence-electron chi connectivity index (χ1n) is 13.2. The third-order valence-corrected chi connectivity index (χ3v) is 5.79. The van der Waals surface area contributed by atoms with E-state index in [0.717, 1.165) is 5.56 Å². The summed E-state index contributed by atoms with van der Waals surface area (Å²) in [7, 11) is 1.56. The quantitative estimate of drug-likeness (QED) is 0.365. The van der Waals surface area contributed by atoms with E-state index >= 15 is 0 Å². The largest absolute Gasteiger partial charge is 0.509 e. The molecule has 41 heavy (non-hydrogen) atoms. The first-order chi connectivity index (χ1) is 19.1. The molecule has 2 heterocycles. The number of nitrogens with one attached hydrogen (secondary N) is 1. The predicted molar refractivity (Wildman–Crippen MR) is 148 cm³/mol. The Morgan fingerprint density at radius 2 is 1.61 bits per heavy atom. The highest BCUT2D eigenvalue weighted by atomic mass is 16.7. The standard InChI is InChI=1S/C28H39N5O8/c1-27(2,3)40-25(35)33-16-21(38-26(36)41-28(4,5)6)23(20(33)14-17-8-11-19(37-7)12-9-17)39-24(34)30-15-18-10-13-22(29)32-31-18/h8-13,20-21,23H,14-16H2,1-7H3,(H2,29,32)(H,30,34)/t20-,21+,23+/m1/s1. The van der Waals surface area contributed by atoms with Crippen LogP contribution in [0.5, 0.6) is 5.75 Å². The number of rotatable bonds is 7. The van der Waals surface area contributed by atoms with Gasteiger partial charge in [-0.15, -0.1) is 5.10 Å². The van der Waals surface area contributed by atoms with Crippen molar-refractivity contribution in [2.75, 3.05) is 19.4 Å². The molecule has 0 bridgehead atoms. The number of alkyl carbamates (subject to hydrolysis) is 1. The number of anilines is 1. The topological polar surface area (TPSA) is 164 Å². The maximum atomic E-state index is 13.3. The lowest BCUT2D eigenvalue weighted by molar-refractivity contribution is -0.0518. The molecular formula is C28H39N5O8. The van der Waals surface area contributed by atoms with Crippen LogP contribution < -0.4 is 15.8 Å². The van der Waals surface area contributed by atoms with Gasteiger partial charge in [-0.3, -0.25) is 4.90 Å². The molecule has 0 saturated carbocycles. The van der Waals surface area contributed by atoms with E-state index in [2.05, 4.69) is 15.5 Å². The molecule has 0 spiro atoms. The van der Waals surface area contributed by atoms with E-state index < -0.39 is 47.8 Å². The minimum Gasteiger partial charge on any atom is -0.497 e. The molecule has 2 aromatic rings. The molecule has 1 fully saturated rings. The summed E-state index contributed by atoms with van der Waals surface area (Å²) in [5, 5.41) is 10.3. The van der Waals surface area contributed by atoms with Gasteiger partial charge in [0.05, 0.1) is 31.9 Å². The van der Waals surface area contributed by atoms with Crippen LogP contribution in [0.15, 0.2) is 36.4 Å². The molecule has 3 atom stereocenters. The third kappa shape index (κ3) is 9.69. The Balaban J connectivity index is 1.89. The number of nitrogens with two attached hydrogens (primary N) is 1. The fraction of sp³-hybridized carbons (Fsp3) is 0.536. The molecule has 1 saturated heterocycles. The summed E-state index contributed by atoms with van der Waals surface area (Å²) in [6.07, 6.45) is -4.24. The van der Waals surface area contributed by atoms with E-state index in [9.17, 15) is 14.4 Å². The summed E-state index contributed by atoms with van der Waals surface area (Å²) in [6, 6.07) is 9.67. The molecule has 1 aromatic heterocycles. The van der Waals surface area contributed by atoms with Crippen molar-refractivity contribution in [2.45, 2.75) is 84.0 Å². The number of aromatic nitrogens is 2. The van der Waals surface area contributed by atoms with Gasteiger partial charge in [0.15, 0.2) is 12.2 Å². The summed E-state index contributed by atoms with van der Waals surface area (Å²) >= 11 is 0. The molecule has 0 unspecified atom stereocenters. The molecule has 1 aromatic carbocycles. The van der Waals surface area contributed by atoms with Crippen LogP contribution in [0.3, 0.4) is 0 Å². The number of likely N-dealkylation sites (tertiary alicyclic amines) is 1. The number of ether oxygens (including phenoxy) is 5. The Morgan fingerprint density at radius 1 is 0.951 bits per heavy atom. The highest BCUT2D eigenvalue weighted by Crippen LogP contribution is 2.30. The molecular weight excluding hydrogens is 534 g/mol. The van der Waals surface area contributed by atoms with Crippen molar-refractivity contribution in [2.24, 2.45) is 0 Å². The number of hydrogen-bond donors (Lipinski definition) is 2. The fourth-order valence-electron chi connectivity index (χ4n) is 4.07. The minimum absolute atomic E-state index is 0.00928. The average molecular weight is 574 g/mol. The van der Waals surface area contributed by atoms with Gasteiger partial charge in [-0.1, -0.05) is 12.1 Å². The molecule has 224 valence electrons. The van der Waals surface area contributed by atoms with Gasteiger partial charge in [0.25, 0.3) is 0 Å². The Bertz CT molecular complexity index is 1190. The van der Waals surface area contributed by atoms with Gasteiger partial charge in [0, 0.05) is 0 Å². The van der Waals surface area contributed by atoms with E-state index in [1.54, 1.807) is 72.9 Å². The van der Waals surface area contributed by atoms with Crippen LogP contribution >= 0.6 is 0 Å². The number of carbonyl (C=O) groups is 3. The third-order valence-electron chi connectivity index (χ3n) is 5.79. The lowest BCUT2D eigenvalue weighted by Crippen LogP contribution is -2.46. The molecule has 1 aliphatic rings. The number of nitrogen functional groups attached to an aromatic ring is 1.